The first-order chi connectivity index (χ1) is 10.4. The molecule has 0 amide bonds. The lowest BCUT2D eigenvalue weighted by Crippen LogP contribution is -2.38. The highest BCUT2D eigenvalue weighted by Crippen LogP contribution is 2.41. The van der Waals surface area contributed by atoms with Crippen LogP contribution in [0.2, 0.25) is 0 Å². The van der Waals surface area contributed by atoms with Crippen molar-refractivity contribution in [3.63, 3.8) is 0 Å². The predicted octanol–water partition coefficient (Wildman–Crippen LogP) is 2.86. The van der Waals surface area contributed by atoms with Crippen LogP contribution in [0, 0.1) is 5.41 Å². The van der Waals surface area contributed by atoms with Crippen LogP contribution in [-0.4, -0.2) is 37.5 Å². The molecule has 2 aliphatic heterocycles. The summed E-state index contributed by atoms with van der Waals surface area (Å²) < 4.78 is 37.5. The maximum absolute atomic E-state index is 12.5. The van der Waals surface area contributed by atoms with Crippen molar-refractivity contribution in [3.8, 4) is 0 Å². The van der Waals surface area contributed by atoms with Crippen molar-refractivity contribution in [1.82, 2.24) is 5.32 Å². The molecule has 2 saturated heterocycles. The molecule has 1 atom stereocenters. The van der Waals surface area contributed by atoms with E-state index in [1.54, 1.807) is 12.1 Å². The minimum Gasteiger partial charge on any atom is -0.379 e. The Bertz CT molecular complexity index is 509. The lowest BCUT2D eigenvalue weighted by Gasteiger charge is -2.34. The number of piperidine rings is 1. The number of halogens is 3. The Hall–Kier alpha value is -1.27. The molecule has 1 unspecified atom stereocenters. The lowest BCUT2D eigenvalue weighted by molar-refractivity contribution is -0.206. The molecule has 1 aromatic carbocycles. The summed E-state index contributed by atoms with van der Waals surface area (Å²) in [6.07, 6.45) is -3.56. The average molecular weight is 314 g/mol. The van der Waals surface area contributed by atoms with Gasteiger partial charge in [-0.2, -0.15) is 13.2 Å². The Morgan fingerprint density at radius 1 is 1.09 bits per heavy atom. The number of aliphatic hydroxyl groups excluding tert-OH is 1. The maximum atomic E-state index is 12.5. The van der Waals surface area contributed by atoms with E-state index in [-0.39, 0.29) is 5.56 Å². The highest BCUT2D eigenvalue weighted by Gasteiger charge is 2.40. The third kappa shape index (κ3) is 3.08. The molecular formula is C16H21F3N2O. The van der Waals surface area contributed by atoms with Gasteiger partial charge in [0.05, 0.1) is 0 Å². The topological polar surface area (TPSA) is 35.5 Å². The van der Waals surface area contributed by atoms with Gasteiger partial charge in [-0.1, -0.05) is 12.1 Å². The normalized spacial score (nSPS) is 23.0. The van der Waals surface area contributed by atoms with Crippen LogP contribution in [0.4, 0.5) is 18.9 Å². The van der Waals surface area contributed by atoms with Crippen molar-refractivity contribution >= 4 is 5.69 Å². The van der Waals surface area contributed by atoms with Crippen LogP contribution in [0.3, 0.4) is 0 Å². The highest BCUT2D eigenvalue weighted by molar-refractivity contribution is 5.49. The predicted molar refractivity (Wildman–Crippen MR) is 78.8 cm³/mol. The largest absolute Gasteiger partial charge is 0.418 e. The first-order valence-corrected chi connectivity index (χ1v) is 7.70. The van der Waals surface area contributed by atoms with Gasteiger partial charge in [-0.05, 0) is 55.5 Å². The number of anilines is 1. The van der Waals surface area contributed by atoms with Crippen LogP contribution >= 0.6 is 0 Å². The summed E-state index contributed by atoms with van der Waals surface area (Å²) in [5.74, 6) is 0. The van der Waals surface area contributed by atoms with Crippen molar-refractivity contribution in [1.29, 1.82) is 0 Å². The van der Waals surface area contributed by atoms with E-state index in [0.29, 0.717) is 5.41 Å². The molecule has 2 aliphatic rings. The molecule has 22 heavy (non-hydrogen) atoms. The Morgan fingerprint density at radius 2 is 1.73 bits per heavy atom. The van der Waals surface area contributed by atoms with E-state index in [1.165, 1.54) is 12.1 Å². The van der Waals surface area contributed by atoms with E-state index < -0.39 is 12.3 Å². The molecule has 0 aliphatic carbocycles. The first kappa shape index (κ1) is 15.6. The smallest absolute Gasteiger partial charge is 0.379 e. The molecular weight excluding hydrogens is 293 g/mol. The third-order valence-electron chi connectivity index (χ3n) is 4.99. The Balaban J connectivity index is 1.69. The minimum absolute atomic E-state index is 0.105. The van der Waals surface area contributed by atoms with Gasteiger partial charge in [-0.3, -0.25) is 0 Å². The van der Waals surface area contributed by atoms with Crippen LogP contribution in [0.1, 0.15) is 30.9 Å². The fraction of sp³-hybridized carbons (Fsp3) is 0.625. The van der Waals surface area contributed by atoms with Gasteiger partial charge in [0.25, 0.3) is 0 Å². The molecule has 2 heterocycles. The van der Waals surface area contributed by atoms with Crippen LogP contribution in [-0.2, 0) is 0 Å². The van der Waals surface area contributed by atoms with E-state index in [1.807, 2.05) is 0 Å². The van der Waals surface area contributed by atoms with Crippen molar-refractivity contribution < 1.29 is 18.3 Å². The summed E-state index contributed by atoms with van der Waals surface area (Å²) in [7, 11) is 0. The number of hydrogen-bond acceptors (Lipinski definition) is 3. The summed E-state index contributed by atoms with van der Waals surface area (Å²) in [6, 6.07) is 6.12. The third-order valence-corrected chi connectivity index (χ3v) is 4.99. The molecule has 0 radical (unpaired) electrons. The van der Waals surface area contributed by atoms with E-state index in [4.69, 9.17) is 0 Å². The fourth-order valence-electron chi connectivity index (χ4n) is 3.58. The second kappa shape index (κ2) is 5.74. The SMILES string of the molecule is OC(c1ccc(N2CCC3(CCNCC3)C2)cc1)C(F)(F)F. The molecule has 6 heteroatoms. The summed E-state index contributed by atoms with van der Waals surface area (Å²) in [4.78, 5) is 2.25. The van der Waals surface area contributed by atoms with E-state index >= 15 is 0 Å². The molecule has 1 aromatic rings. The number of alkyl halides is 3. The van der Waals surface area contributed by atoms with Gasteiger partial charge in [0.15, 0.2) is 6.10 Å². The standard InChI is InChI=1S/C16H21F3N2O/c17-16(18,19)14(22)12-1-3-13(4-2-12)21-10-7-15(11-21)5-8-20-9-6-15/h1-4,14,20,22H,5-11H2. The van der Waals surface area contributed by atoms with Crippen LogP contribution in [0.15, 0.2) is 24.3 Å². The number of aliphatic hydroxyl groups is 1. The van der Waals surface area contributed by atoms with E-state index in [0.717, 1.165) is 51.1 Å². The molecule has 2 N–H and O–H groups in total. The molecule has 0 aromatic heterocycles. The average Bonchev–Trinajstić information content (AvgIpc) is 2.90. The quantitative estimate of drug-likeness (QED) is 0.881. The minimum atomic E-state index is -4.62. The van der Waals surface area contributed by atoms with Crippen LogP contribution in [0.5, 0.6) is 0 Å². The van der Waals surface area contributed by atoms with Crippen molar-refractivity contribution in [2.75, 3.05) is 31.1 Å². The van der Waals surface area contributed by atoms with Crippen LogP contribution in [0.25, 0.3) is 0 Å². The van der Waals surface area contributed by atoms with Crippen molar-refractivity contribution in [2.45, 2.75) is 31.5 Å². The molecule has 0 saturated carbocycles. The number of rotatable bonds is 2. The first-order valence-electron chi connectivity index (χ1n) is 7.70. The zero-order chi connectivity index (χ0) is 15.8. The maximum Gasteiger partial charge on any atom is 0.418 e. The monoisotopic (exact) mass is 314 g/mol. The zero-order valence-electron chi connectivity index (χ0n) is 12.4. The Labute approximate surface area is 128 Å². The van der Waals surface area contributed by atoms with Gasteiger partial charge >= 0.3 is 6.18 Å². The highest BCUT2D eigenvalue weighted by atomic mass is 19.4. The Morgan fingerprint density at radius 3 is 2.32 bits per heavy atom. The summed E-state index contributed by atoms with van der Waals surface area (Å²) in [5, 5.41) is 12.6. The van der Waals surface area contributed by atoms with E-state index in [9.17, 15) is 18.3 Å². The van der Waals surface area contributed by atoms with Gasteiger partial charge in [0.1, 0.15) is 0 Å². The Kier molecular flexibility index (Phi) is 4.07. The van der Waals surface area contributed by atoms with E-state index in [2.05, 4.69) is 10.2 Å². The summed E-state index contributed by atoms with van der Waals surface area (Å²) in [5.41, 5.74) is 1.19. The van der Waals surface area contributed by atoms with Gasteiger partial charge in [0, 0.05) is 18.8 Å². The molecule has 2 fully saturated rings. The van der Waals surface area contributed by atoms with Gasteiger partial charge in [0.2, 0.25) is 0 Å². The molecule has 3 nitrogen and oxygen atoms in total. The van der Waals surface area contributed by atoms with Crippen LogP contribution < -0.4 is 10.2 Å². The molecule has 3 rings (SSSR count). The van der Waals surface area contributed by atoms with Gasteiger partial charge < -0.3 is 15.3 Å². The van der Waals surface area contributed by atoms with Crippen molar-refractivity contribution in [3.05, 3.63) is 29.8 Å². The van der Waals surface area contributed by atoms with Gasteiger partial charge in [-0.25, -0.2) is 0 Å². The fourth-order valence-corrected chi connectivity index (χ4v) is 3.58. The molecule has 1 spiro atoms. The second-order valence-corrected chi connectivity index (χ2v) is 6.46. The lowest BCUT2D eigenvalue weighted by atomic mass is 9.78. The number of nitrogens with one attached hydrogen (secondary N) is 1. The second-order valence-electron chi connectivity index (χ2n) is 6.46. The molecule has 0 bridgehead atoms. The zero-order valence-corrected chi connectivity index (χ0v) is 12.4. The number of nitrogens with zero attached hydrogens (tertiary/aromatic N) is 1. The number of hydrogen-bond donors (Lipinski definition) is 2. The summed E-state index contributed by atoms with van der Waals surface area (Å²) in [6.45, 7) is 4.01. The van der Waals surface area contributed by atoms with Crippen molar-refractivity contribution in [2.24, 2.45) is 5.41 Å². The molecule has 122 valence electrons. The number of benzene rings is 1. The van der Waals surface area contributed by atoms with Gasteiger partial charge in [-0.15, -0.1) is 0 Å². The summed E-state index contributed by atoms with van der Waals surface area (Å²) >= 11 is 0.